The molecule has 5 nitrogen and oxygen atoms in total. The summed E-state index contributed by atoms with van der Waals surface area (Å²) in [6.45, 7) is 0. The third-order valence-corrected chi connectivity index (χ3v) is 5.62. The van der Waals surface area contributed by atoms with E-state index in [4.69, 9.17) is 0 Å². The van der Waals surface area contributed by atoms with Gasteiger partial charge >= 0.3 is 0 Å². The molecule has 2 heterocycles. The van der Waals surface area contributed by atoms with Crippen molar-refractivity contribution < 1.29 is 0 Å². The molecule has 2 aromatic heterocycles. The average molecular weight is 384 g/mol. The van der Waals surface area contributed by atoms with E-state index in [0.29, 0.717) is 11.2 Å². The molecular weight excluding hydrogens is 368 g/mol. The van der Waals surface area contributed by atoms with Crippen molar-refractivity contribution in [1.82, 2.24) is 19.2 Å². The first-order valence-electron chi connectivity index (χ1n) is 8.94. The summed E-state index contributed by atoms with van der Waals surface area (Å²) in [7, 11) is 0. The van der Waals surface area contributed by atoms with Crippen LogP contribution in [0.25, 0.3) is 22.4 Å². The van der Waals surface area contributed by atoms with Gasteiger partial charge in [-0.05, 0) is 29.8 Å². The predicted molar refractivity (Wildman–Crippen MR) is 112 cm³/mol. The van der Waals surface area contributed by atoms with Gasteiger partial charge in [0.05, 0.1) is 16.6 Å². The smallest absolute Gasteiger partial charge is 0.267 e. The molecule has 136 valence electrons. The number of benzene rings is 3. The molecule has 0 saturated heterocycles. The average Bonchev–Trinajstić information content (AvgIpc) is 3.18. The van der Waals surface area contributed by atoms with Crippen LogP contribution in [-0.2, 0) is 5.75 Å². The number of fused-ring (bicyclic) bond motifs is 3. The van der Waals surface area contributed by atoms with E-state index >= 15 is 0 Å². The Morgan fingerprint density at radius 2 is 1.46 bits per heavy atom. The Balaban J connectivity index is 1.74. The fourth-order valence-electron chi connectivity index (χ4n) is 3.30. The maximum absolute atomic E-state index is 13.2. The van der Waals surface area contributed by atoms with Gasteiger partial charge in [-0.2, -0.15) is 0 Å². The zero-order chi connectivity index (χ0) is 18.9. The van der Waals surface area contributed by atoms with Gasteiger partial charge in [-0.1, -0.05) is 72.4 Å². The predicted octanol–water partition coefficient (Wildman–Crippen LogP) is 4.33. The number of rotatable bonds is 4. The lowest BCUT2D eigenvalue weighted by Crippen LogP contribution is -2.21. The van der Waals surface area contributed by atoms with Gasteiger partial charge < -0.3 is 0 Å². The Morgan fingerprint density at radius 1 is 0.786 bits per heavy atom. The van der Waals surface area contributed by atoms with Crippen molar-refractivity contribution in [1.29, 1.82) is 0 Å². The van der Waals surface area contributed by atoms with Crippen molar-refractivity contribution >= 4 is 28.4 Å². The molecule has 0 radical (unpaired) electrons. The second-order valence-electron chi connectivity index (χ2n) is 6.39. The highest BCUT2D eigenvalue weighted by atomic mass is 32.2. The third kappa shape index (κ3) is 2.78. The second kappa shape index (κ2) is 6.98. The molecule has 28 heavy (non-hydrogen) atoms. The molecule has 3 aromatic carbocycles. The van der Waals surface area contributed by atoms with Crippen molar-refractivity contribution in [3.63, 3.8) is 0 Å². The van der Waals surface area contributed by atoms with Crippen LogP contribution >= 0.6 is 11.8 Å². The summed E-state index contributed by atoms with van der Waals surface area (Å²) in [6, 6.07) is 27.4. The van der Waals surface area contributed by atoms with Crippen LogP contribution in [0, 0.1) is 0 Å². The SMILES string of the molecule is O=c1c2ccccc2n2c(SCc3ccccc3)nnc2n1-c1ccccc1. The molecule has 0 aliphatic carbocycles. The normalized spacial score (nSPS) is 11.3. The summed E-state index contributed by atoms with van der Waals surface area (Å²) in [5.74, 6) is 1.30. The van der Waals surface area contributed by atoms with E-state index < -0.39 is 0 Å². The van der Waals surface area contributed by atoms with Gasteiger partial charge in [0.1, 0.15) is 0 Å². The topological polar surface area (TPSA) is 52.2 Å². The van der Waals surface area contributed by atoms with E-state index in [2.05, 4.69) is 22.3 Å². The lowest BCUT2D eigenvalue weighted by atomic mass is 10.2. The van der Waals surface area contributed by atoms with E-state index in [1.807, 2.05) is 77.2 Å². The summed E-state index contributed by atoms with van der Waals surface area (Å²) in [6.07, 6.45) is 0. The van der Waals surface area contributed by atoms with E-state index in [1.165, 1.54) is 5.56 Å². The zero-order valence-electron chi connectivity index (χ0n) is 14.9. The maximum atomic E-state index is 13.2. The molecule has 0 aliphatic heterocycles. The molecule has 0 atom stereocenters. The quantitative estimate of drug-likeness (QED) is 0.433. The highest BCUT2D eigenvalue weighted by Crippen LogP contribution is 2.25. The molecule has 0 bridgehead atoms. The summed E-state index contributed by atoms with van der Waals surface area (Å²) >= 11 is 1.61. The van der Waals surface area contributed by atoms with E-state index in [9.17, 15) is 4.79 Å². The molecule has 5 aromatic rings. The highest BCUT2D eigenvalue weighted by molar-refractivity contribution is 7.98. The Hall–Kier alpha value is -3.38. The standard InChI is InChI=1S/C22H16N4OS/c27-20-18-13-7-8-14-19(18)26-21(25(20)17-11-5-2-6-12-17)23-24-22(26)28-15-16-9-3-1-4-10-16/h1-14H,15H2. The largest absolute Gasteiger partial charge is 0.268 e. The number of hydrogen-bond acceptors (Lipinski definition) is 4. The van der Waals surface area contributed by atoms with Crippen molar-refractivity contribution in [2.75, 3.05) is 0 Å². The van der Waals surface area contributed by atoms with Gasteiger partial charge in [-0.15, -0.1) is 10.2 Å². The lowest BCUT2D eigenvalue weighted by molar-refractivity contribution is 0.930. The van der Waals surface area contributed by atoms with Gasteiger partial charge in [0, 0.05) is 5.75 Å². The Morgan fingerprint density at radius 3 is 2.25 bits per heavy atom. The zero-order valence-corrected chi connectivity index (χ0v) is 15.7. The van der Waals surface area contributed by atoms with Crippen LogP contribution in [0.5, 0.6) is 0 Å². The number of hydrogen-bond donors (Lipinski definition) is 0. The van der Waals surface area contributed by atoms with Crippen LogP contribution in [0.3, 0.4) is 0 Å². The Bertz CT molecular complexity index is 1330. The minimum Gasteiger partial charge on any atom is -0.268 e. The maximum Gasteiger partial charge on any atom is 0.267 e. The van der Waals surface area contributed by atoms with Crippen LogP contribution in [-0.4, -0.2) is 19.2 Å². The Kier molecular flexibility index (Phi) is 4.18. The lowest BCUT2D eigenvalue weighted by Gasteiger charge is -2.11. The van der Waals surface area contributed by atoms with E-state index in [1.54, 1.807) is 16.3 Å². The molecule has 5 rings (SSSR count). The number of thioether (sulfide) groups is 1. The van der Waals surface area contributed by atoms with Crippen LogP contribution in [0.4, 0.5) is 0 Å². The molecule has 0 unspecified atom stereocenters. The van der Waals surface area contributed by atoms with Crippen LogP contribution < -0.4 is 5.56 Å². The molecule has 6 heteroatoms. The van der Waals surface area contributed by atoms with Crippen LogP contribution in [0.15, 0.2) is 94.9 Å². The summed E-state index contributed by atoms with van der Waals surface area (Å²) < 4.78 is 3.60. The molecule has 0 spiro atoms. The van der Waals surface area contributed by atoms with Gasteiger partial charge in [-0.25, -0.2) is 4.57 Å². The molecule has 0 aliphatic rings. The molecule has 0 fully saturated rings. The number of nitrogens with zero attached hydrogens (tertiary/aromatic N) is 4. The first-order valence-corrected chi connectivity index (χ1v) is 9.92. The number of aromatic nitrogens is 4. The van der Waals surface area contributed by atoms with Gasteiger partial charge in [0.15, 0.2) is 5.16 Å². The van der Waals surface area contributed by atoms with Crippen molar-refractivity contribution in [3.8, 4) is 5.69 Å². The van der Waals surface area contributed by atoms with Gasteiger partial charge in [0.25, 0.3) is 5.56 Å². The second-order valence-corrected chi connectivity index (χ2v) is 7.33. The molecule has 0 N–H and O–H groups in total. The van der Waals surface area contributed by atoms with Crippen LogP contribution in [0.2, 0.25) is 0 Å². The van der Waals surface area contributed by atoms with Gasteiger partial charge in [-0.3, -0.25) is 9.20 Å². The van der Waals surface area contributed by atoms with Crippen molar-refractivity contribution in [2.45, 2.75) is 10.9 Å². The third-order valence-electron chi connectivity index (χ3n) is 4.62. The van der Waals surface area contributed by atoms with E-state index in [-0.39, 0.29) is 5.56 Å². The first-order chi connectivity index (χ1) is 13.8. The van der Waals surface area contributed by atoms with Crippen molar-refractivity contribution in [2.24, 2.45) is 0 Å². The fraction of sp³-hybridized carbons (Fsp3) is 0.0455. The van der Waals surface area contributed by atoms with E-state index in [0.717, 1.165) is 22.1 Å². The highest BCUT2D eigenvalue weighted by Gasteiger charge is 2.17. The number of para-hydroxylation sites is 2. The molecule has 0 saturated carbocycles. The monoisotopic (exact) mass is 384 g/mol. The minimum absolute atomic E-state index is 0.0960. The minimum atomic E-state index is -0.0960. The fourth-order valence-corrected chi connectivity index (χ4v) is 4.20. The summed E-state index contributed by atoms with van der Waals surface area (Å²) in [4.78, 5) is 13.2. The molecular formula is C22H16N4OS. The first kappa shape index (κ1) is 16.8. The molecule has 0 amide bonds. The van der Waals surface area contributed by atoms with Gasteiger partial charge in [0.2, 0.25) is 5.78 Å². The Labute approximate surface area is 165 Å². The summed E-state index contributed by atoms with van der Waals surface area (Å²) in [5.41, 5.74) is 2.71. The summed E-state index contributed by atoms with van der Waals surface area (Å²) in [5, 5.41) is 10.2. The van der Waals surface area contributed by atoms with Crippen LogP contribution in [0.1, 0.15) is 5.56 Å². The van der Waals surface area contributed by atoms with Crippen molar-refractivity contribution in [3.05, 3.63) is 101 Å².